The quantitative estimate of drug-likeness (QED) is 0.805. The first-order chi connectivity index (χ1) is 9.70. The molecule has 5 heteroatoms. The van der Waals surface area contributed by atoms with Gasteiger partial charge in [0.25, 0.3) is 0 Å². The van der Waals surface area contributed by atoms with Crippen LogP contribution in [0.15, 0.2) is 24.3 Å². The Bertz CT molecular complexity index is 424. The Morgan fingerprint density at radius 3 is 2.33 bits per heavy atom. The van der Waals surface area contributed by atoms with Gasteiger partial charge in [0.1, 0.15) is 0 Å². The van der Waals surface area contributed by atoms with Crippen LogP contribution in [0.25, 0.3) is 0 Å². The van der Waals surface area contributed by atoms with E-state index in [1.54, 1.807) is 24.3 Å². The minimum atomic E-state index is -0.919. The highest BCUT2D eigenvalue weighted by Crippen LogP contribution is 2.27. The van der Waals surface area contributed by atoms with E-state index in [1.807, 2.05) is 0 Å². The molecular weight excluding hydrogens is 292 g/mol. The summed E-state index contributed by atoms with van der Waals surface area (Å²) in [5.74, 6) is -0.436. The SMILES string of the molecule is CCCCCC1COC(c2ccc(C(=O)O)cc2)OC1.Cl. The molecule has 1 N–H and O–H groups in total. The second-order valence-corrected chi connectivity index (χ2v) is 5.29. The fourth-order valence-corrected chi connectivity index (χ4v) is 2.37. The van der Waals surface area contributed by atoms with E-state index in [4.69, 9.17) is 14.6 Å². The van der Waals surface area contributed by atoms with Gasteiger partial charge >= 0.3 is 5.97 Å². The van der Waals surface area contributed by atoms with Crippen LogP contribution in [0.1, 0.15) is 54.8 Å². The average molecular weight is 315 g/mol. The number of carboxylic acid groups (broad SMARTS) is 1. The van der Waals surface area contributed by atoms with Crippen molar-refractivity contribution in [2.24, 2.45) is 5.92 Å². The third-order valence-corrected chi connectivity index (χ3v) is 3.61. The lowest BCUT2D eigenvalue weighted by Crippen LogP contribution is -2.27. The van der Waals surface area contributed by atoms with Crippen LogP contribution in [-0.2, 0) is 9.47 Å². The second-order valence-electron chi connectivity index (χ2n) is 5.29. The van der Waals surface area contributed by atoms with Crippen molar-refractivity contribution < 1.29 is 19.4 Å². The summed E-state index contributed by atoms with van der Waals surface area (Å²) in [5.41, 5.74) is 1.16. The molecule has 0 aliphatic carbocycles. The molecule has 0 saturated carbocycles. The molecule has 0 atom stereocenters. The maximum atomic E-state index is 10.8. The molecule has 0 aromatic heterocycles. The summed E-state index contributed by atoms with van der Waals surface area (Å²) >= 11 is 0. The molecule has 0 radical (unpaired) electrons. The first kappa shape index (κ1) is 18.0. The number of rotatable bonds is 6. The van der Waals surface area contributed by atoms with E-state index >= 15 is 0 Å². The van der Waals surface area contributed by atoms with Crippen LogP contribution < -0.4 is 0 Å². The molecule has 1 aliphatic rings. The minimum absolute atomic E-state index is 0. The summed E-state index contributed by atoms with van der Waals surface area (Å²) in [6.07, 6.45) is 4.51. The number of hydrogen-bond acceptors (Lipinski definition) is 3. The topological polar surface area (TPSA) is 55.8 Å². The van der Waals surface area contributed by atoms with Gasteiger partial charge in [-0.15, -0.1) is 12.4 Å². The second kappa shape index (κ2) is 9.03. The van der Waals surface area contributed by atoms with Crippen molar-refractivity contribution in [2.75, 3.05) is 13.2 Å². The lowest BCUT2D eigenvalue weighted by Gasteiger charge is -2.29. The van der Waals surface area contributed by atoms with E-state index in [1.165, 1.54) is 19.3 Å². The summed E-state index contributed by atoms with van der Waals surface area (Å²) in [4.78, 5) is 10.8. The number of benzene rings is 1. The van der Waals surface area contributed by atoms with Crippen LogP contribution in [0, 0.1) is 5.92 Å². The minimum Gasteiger partial charge on any atom is -0.478 e. The molecule has 2 rings (SSSR count). The highest BCUT2D eigenvalue weighted by atomic mass is 35.5. The zero-order valence-corrected chi connectivity index (χ0v) is 13.1. The smallest absolute Gasteiger partial charge is 0.335 e. The van der Waals surface area contributed by atoms with Gasteiger partial charge in [-0.1, -0.05) is 38.3 Å². The lowest BCUT2D eigenvalue weighted by atomic mass is 10.0. The van der Waals surface area contributed by atoms with Crippen molar-refractivity contribution in [3.8, 4) is 0 Å². The standard InChI is InChI=1S/C16H22O4.ClH/c1-2-3-4-5-12-10-19-16(20-11-12)14-8-6-13(7-9-14)15(17)18;/h6-9,12,16H,2-5,10-11H2,1H3,(H,17,18);1H. The van der Waals surface area contributed by atoms with Gasteiger partial charge in [0.05, 0.1) is 18.8 Å². The van der Waals surface area contributed by atoms with Gasteiger partial charge in [-0.2, -0.15) is 0 Å². The molecule has 1 saturated heterocycles. The summed E-state index contributed by atoms with van der Waals surface area (Å²) in [7, 11) is 0. The normalized spacial score (nSPS) is 21.6. The molecule has 0 amide bonds. The molecule has 1 aromatic rings. The first-order valence-corrected chi connectivity index (χ1v) is 7.27. The van der Waals surface area contributed by atoms with E-state index in [-0.39, 0.29) is 24.3 Å². The van der Waals surface area contributed by atoms with Crippen molar-refractivity contribution >= 4 is 18.4 Å². The average Bonchev–Trinajstić information content (AvgIpc) is 2.48. The van der Waals surface area contributed by atoms with Crippen molar-refractivity contribution in [1.29, 1.82) is 0 Å². The van der Waals surface area contributed by atoms with Gasteiger partial charge in [-0.05, 0) is 18.6 Å². The van der Waals surface area contributed by atoms with Crippen molar-refractivity contribution in [2.45, 2.75) is 38.9 Å². The van der Waals surface area contributed by atoms with Crippen molar-refractivity contribution in [3.63, 3.8) is 0 Å². The lowest BCUT2D eigenvalue weighted by molar-refractivity contribution is -0.206. The number of carbonyl (C=O) groups is 1. The van der Waals surface area contributed by atoms with Gasteiger partial charge in [0, 0.05) is 11.5 Å². The largest absolute Gasteiger partial charge is 0.478 e. The monoisotopic (exact) mass is 314 g/mol. The maximum Gasteiger partial charge on any atom is 0.335 e. The molecule has 1 heterocycles. The van der Waals surface area contributed by atoms with E-state index < -0.39 is 5.97 Å². The molecule has 21 heavy (non-hydrogen) atoms. The van der Waals surface area contributed by atoms with Crippen LogP contribution in [0.3, 0.4) is 0 Å². The first-order valence-electron chi connectivity index (χ1n) is 7.27. The zero-order valence-electron chi connectivity index (χ0n) is 12.3. The molecular formula is C16H23ClO4. The fourth-order valence-electron chi connectivity index (χ4n) is 2.37. The zero-order chi connectivity index (χ0) is 14.4. The number of aromatic carboxylic acids is 1. The number of ether oxygens (including phenoxy) is 2. The van der Waals surface area contributed by atoms with Crippen molar-refractivity contribution in [1.82, 2.24) is 0 Å². The highest BCUT2D eigenvalue weighted by molar-refractivity contribution is 5.87. The van der Waals surface area contributed by atoms with E-state index in [0.717, 1.165) is 25.2 Å². The molecule has 1 aliphatic heterocycles. The number of carboxylic acids is 1. The van der Waals surface area contributed by atoms with Crippen LogP contribution in [0.5, 0.6) is 0 Å². The summed E-state index contributed by atoms with van der Waals surface area (Å²) in [6.45, 7) is 3.63. The van der Waals surface area contributed by atoms with Gasteiger partial charge in [0.2, 0.25) is 0 Å². The predicted molar refractivity (Wildman–Crippen MR) is 82.9 cm³/mol. The highest BCUT2D eigenvalue weighted by Gasteiger charge is 2.23. The molecule has 1 fully saturated rings. The Balaban J connectivity index is 0.00000220. The van der Waals surface area contributed by atoms with Crippen LogP contribution in [0.2, 0.25) is 0 Å². The molecule has 1 aromatic carbocycles. The summed E-state index contributed by atoms with van der Waals surface area (Å²) < 4.78 is 11.5. The van der Waals surface area contributed by atoms with Gasteiger partial charge in [0.15, 0.2) is 6.29 Å². The van der Waals surface area contributed by atoms with E-state index in [9.17, 15) is 4.79 Å². The van der Waals surface area contributed by atoms with Gasteiger partial charge in [-0.25, -0.2) is 4.79 Å². The van der Waals surface area contributed by atoms with Gasteiger partial charge in [-0.3, -0.25) is 0 Å². The Hall–Kier alpha value is -1.10. The molecule has 4 nitrogen and oxygen atoms in total. The Kier molecular flexibility index (Phi) is 7.72. The molecule has 0 spiro atoms. The van der Waals surface area contributed by atoms with Crippen LogP contribution >= 0.6 is 12.4 Å². The third-order valence-electron chi connectivity index (χ3n) is 3.61. The Morgan fingerprint density at radius 2 is 1.81 bits per heavy atom. The van der Waals surface area contributed by atoms with Crippen LogP contribution in [-0.4, -0.2) is 24.3 Å². The predicted octanol–water partition coefficient (Wildman–Crippen LogP) is 4.05. The summed E-state index contributed by atoms with van der Waals surface area (Å²) in [6, 6.07) is 6.67. The van der Waals surface area contributed by atoms with E-state index in [0.29, 0.717) is 5.92 Å². The maximum absolute atomic E-state index is 10.8. The van der Waals surface area contributed by atoms with Crippen molar-refractivity contribution in [3.05, 3.63) is 35.4 Å². The number of unbranched alkanes of at least 4 members (excludes halogenated alkanes) is 2. The third kappa shape index (κ3) is 5.30. The summed E-state index contributed by atoms with van der Waals surface area (Å²) in [5, 5.41) is 8.86. The molecule has 0 unspecified atom stereocenters. The fraction of sp³-hybridized carbons (Fsp3) is 0.562. The van der Waals surface area contributed by atoms with E-state index in [2.05, 4.69) is 6.92 Å². The number of hydrogen-bond donors (Lipinski definition) is 1. The van der Waals surface area contributed by atoms with Gasteiger partial charge < -0.3 is 14.6 Å². The molecule has 118 valence electrons. The molecule has 0 bridgehead atoms. The number of halogens is 1. The van der Waals surface area contributed by atoms with Crippen LogP contribution in [0.4, 0.5) is 0 Å². The Labute approximate surface area is 131 Å². The Morgan fingerprint density at radius 1 is 1.19 bits per heavy atom.